The highest BCUT2D eigenvalue weighted by atomic mass is 15.2. The Morgan fingerprint density at radius 2 is 1.75 bits per heavy atom. The van der Waals surface area contributed by atoms with E-state index >= 15 is 0 Å². The van der Waals surface area contributed by atoms with Crippen LogP contribution in [0.2, 0.25) is 0 Å². The number of hydrogen-bond acceptors (Lipinski definition) is 2. The van der Waals surface area contributed by atoms with Gasteiger partial charge in [0.25, 0.3) is 0 Å². The van der Waals surface area contributed by atoms with Crippen molar-refractivity contribution in [2.75, 3.05) is 13.1 Å². The number of nitrogens with two attached hydrogens (primary N) is 1. The Bertz CT molecular complexity index is 104. The second-order valence-electron chi connectivity index (χ2n) is 3.51. The molecule has 0 heterocycles. The molecular weight excluding hydrogens is 148 g/mol. The summed E-state index contributed by atoms with van der Waals surface area (Å²) >= 11 is 0. The van der Waals surface area contributed by atoms with Crippen LogP contribution in [0.1, 0.15) is 40.5 Å². The largest absolute Gasteiger partial charge is 0.327 e. The summed E-state index contributed by atoms with van der Waals surface area (Å²) in [7, 11) is 0. The molecular formula is C10H24N2. The molecule has 2 nitrogen and oxygen atoms in total. The summed E-state index contributed by atoms with van der Waals surface area (Å²) in [4.78, 5) is 2.45. The topological polar surface area (TPSA) is 29.3 Å². The number of rotatable bonds is 6. The van der Waals surface area contributed by atoms with E-state index in [1.54, 1.807) is 0 Å². The highest BCUT2D eigenvalue weighted by Gasteiger charge is 2.12. The molecule has 0 aromatic carbocycles. The average Bonchev–Trinajstić information content (AvgIpc) is 2.12. The molecule has 0 aliphatic carbocycles. The highest BCUT2D eigenvalue weighted by molar-refractivity contribution is 4.70. The number of likely N-dealkylation sites (N-methyl/N-ethyl adjacent to an activating group) is 1. The van der Waals surface area contributed by atoms with Gasteiger partial charge in [-0.3, -0.25) is 4.90 Å². The van der Waals surface area contributed by atoms with E-state index in [9.17, 15) is 0 Å². The summed E-state index contributed by atoms with van der Waals surface area (Å²) < 4.78 is 0. The lowest BCUT2D eigenvalue weighted by atomic mass is 10.1. The fourth-order valence-corrected chi connectivity index (χ4v) is 1.31. The third-order valence-corrected chi connectivity index (χ3v) is 2.61. The summed E-state index contributed by atoms with van der Waals surface area (Å²) in [5.74, 6) is 0. The maximum absolute atomic E-state index is 5.90. The second kappa shape index (κ2) is 6.44. The molecule has 0 rings (SSSR count). The molecule has 0 aliphatic rings. The minimum atomic E-state index is 0.346. The number of nitrogens with zero attached hydrogens (tertiary/aromatic N) is 1. The lowest BCUT2D eigenvalue weighted by molar-refractivity contribution is 0.200. The first-order valence-electron chi connectivity index (χ1n) is 5.15. The van der Waals surface area contributed by atoms with Gasteiger partial charge in [-0.05, 0) is 26.3 Å². The van der Waals surface area contributed by atoms with Crippen molar-refractivity contribution in [3.8, 4) is 0 Å². The summed E-state index contributed by atoms with van der Waals surface area (Å²) in [6.07, 6.45) is 2.29. The molecule has 12 heavy (non-hydrogen) atoms. The predicted octanol–water partition coefficient (Wildman–Crippen LogP) is 1.84. The molecule has 0 saturated heterocycles. The van der Waals surface area contributed by atoms with E-state index in [0.717, 1.165) is 19.5 Å². The molecule has 2 atom stereocenters. The predicted molar refractivity (Wildman–Crippen MR) is 55.3 cm³/mol. The van der Waals surface area contributed by atoms with Gasteiger partial charge in [0, 0.05) is 18.6 Å². The van der Waals surface area contributed by atoms with E-state index in [4.69, 9.17) is 5.73 Å². The molecule has 2 heteroatoms. The Balaban J connectivity index is 3.81. The van der Waals surface area contributed by atoms with Crippen LogP contribution in [-0.4, -0.2) is 30.1 Å². The van der Waals surface area contributed by atoms with Gasteiger partial charge in [0.15, 0.2) is 0 Å². The van der Waals surface area contributed by atoms with Crippen molar-refractivity contribution in [1.82, 2.24) is 4.90 Å². The van der Waals surface area contributed by atoms with Gasteiger partial charge in [0.05, 0.1) is 0 Å². The Hall–Kier alpha value is -0.0800. The lowest BCUT2D eigenvalue weighted by Gasteiger charge is -2.29. The van der Waals surface area contributed by atoms with E-state index in [1.165, 1.54) is 6.42 Å². The van der Waals surface area contributed by atoms with E-state index < -0.39 is 0 Å². The van der Waals surface area contributed by atoms with Crippen molar-refractivity contribution < 1.29 is 0 Å². The third kappa shape index (κ3) is 4.07. The van der Waals surface area contributed by atoms with Gasteiger partial charge in [-0.1, -0.05) is 20.8 Å². The van der Waals surface area contributed by atoms with Gasteiger partial charge in [0.2, 0.25) is 0 Å². The second-order valence-corrected chi connectivity index (χ2v) is 3.51. The Morgan fingerprint density at radius 1 is 1.17 bits per heavy atom. The van der Waals surface area contributed by atoms with Crippen molar-refractivity contribution in [3.63, 3.8) is 0 Å². The molecule has 0 spiro atoms. The monoisotopic (exact) mass is 172 g/mol. The van der Waals surface area contributed by atoms with Crippen molar-refractivity contribution in [2.24, 2.45) is 5.73 Å². The minimum Gasteiger partial charge on any atom is -0.327 e. The Kier molecular flexibility index (Phi) is 6.39. The zero-order chi connectivity index (χ0) is 9.56. The van der Waals surface area contributed by atoms with E-state index in [-0.39, 0.29) is 0 Å². The SMILES string of the molecule is CCC(N)CN(CC)C(C)CC. The first-order chi connectivity index (χ1) is 5.65. The van der Waals surface area contributed by atoms with Crippen molar-refractivity contribution >= 4 is 0 Å². The molecule has 0 bridgehead atoms. The maximum atomic E-state index is 5.90. The van der Waals surface area contributed by atoms with Gasteiger partial charge >= 0.3 is 0 Å². The quantitative estimate of drug-likeness (QED) is 0.662. The molecule has 0 amide bonds. The minimum absolute atomic E-state index is 0.346. The van der Waals surface area contributed by atoms with Gasteiger partial charge in [-0.15, -0.1) is 0 Å². The standard InChI is InChI=1S/C10H24N2/c1-5-9(4)12(7-3)8-10(11)6-2/h9-10H,5-8,11H2,1-4H3. The van der Waals surface area contributed by atoms with Gasteiger partial charge in [0.1, 0.15) is 0 Å². The first-order valence-corrected chi connectivity index (χ1v) is 5.15. The zero-order valence-electron chi connectivity index (χ0n) is 9.01. The van der Waals surface area contributed by atoms with Crippen LogP contribution < -0.4 is 5.73 Å². The van der Waals surface area contributed by atoms with Crippen LogP contribution in [0.3, 0.4) is 0 Å². The van der Waals surface area contributed by atoms with Crippen LogP contribution in [0.15, 0.2) is 0 Å². The van der Waals surface area contributed by atoms with Crippen molar-refractivity contribution in [1.29, 1.82) is 0 Å². The normalized spacial score (nSPS) is 16.5. The lowest BCUT2D eigenvalue weighted by Crippen LogP contribution is -2.41. The molecule has 74 valence electrons. The molecule has 2 unspecified atom stereocenters. The fourth-order valence-electron chi connectivity index (χ4n) is 1.31. The van der Waals surface area contributed by atoms with Crippen LogP contribution in [0.4, 0.5) is 0 Å². The van der Waals surface area contributed by atoms with Crippen LogP contribution in [0.25, 0.3) is 0 Å². The maximum Gasteiger partial charge on any atom is 0.0165 e. The summed E-state index contributed by atoms with van der Waals surface area (Å²) in [6.45, 7) is 11.0. The zero-order valence-corrected chi connectivity index (χ0v) is 9.01. The van der Waals surface area contributed by atoms with E-state index in [2.05, 4.69) is 32.6 Å². The molecule has 0 aromatic heterocycles. The van der Waals surface area contributed by atoms with Gasteiger partial charge < -0.3 is 5.73 Å². The molecule has 0 radical (unpaired) electrons. The summed E-state index contributed by atoms with van der Waals surface area (Å²) in [5, 5.41) is 0. The van der Waals surface area contributed by atoms with Gasteiger partial charge in [-0.25, -0.2) is 0 Å². The third-order valence-electron chi connectivity index (χ3n) is 2.61. The van der Waals surface area contributed by atoms with Crippen LogP contribution in [0, 0.1) is 0 Å². The fraction of sp³-hybridized carbons (Fsp3) is 1.00. The van der Waals surface area contributed by atoms with Crippen LogP contribution >= 0.6 is 0 Å². The highest BCUT2D eigenvalue weighted by Crippen LogP contribution is 2.04. The molecule has 0 saturated carbocycles. The smallest absolute Gasteiger partial charge is 0.0165 e. The van der Waals surface area contributed by atoms with Crippen molar-refractivity contribution in [3.05, 3.63) is 0 Å². The van der Waals surface area contributed by atoms with Crippen molar-refractivity contribution in [2.45, 2.75) is 52.6 Å². The van der Waals surface area contributed by atoms with E-state index in [0.29, 0.717) is 12.1 Å². The average molecular weight is 172 g/mol. The Labute approximate surface area is 77.1 Å². The molecule has 2 N–H and O–H groups in total. The summed E-state index contributed by atoms with van der Waals surface area (Å²) in [5.41, 5.74) is 5.90. The molecule has 0 fully saturated rings. The molecule has 0 aliphatic heterocycles. The summed E-state index contributed by atoms with van der Waals surface area (Å²) in [6, 6.07) is 1.02. The van der Waals surface area contributed by atoms with Crippen LogP contribution in [0.5, 0.6) is 0 Å². The van der Waals surface area contributed by atoms with E-state index in [1.807, 2.05) is 0 Å². The first kappa shape index (κ1) is 11.9. The molecule has 0 aromatic rings. The Morgan fingerprint density at radius 3 is 2.08 bits per heavy atom. The van der Waals surface area contributed by atoms with Gasteiger partial charge in [-0.2, -0.15) is 0 Å². The van der Waals surface area contributed by atoms with Crippen LogP contribution in [-0.2, 0) is 0 Å². The number of hydrogen-bond donors (Lipinski definition) is 1.